The SMILES string of the molecule is CC(c1ccccc1F)N(C)c1ccc(F)cc1C=O. The highest BCUT2D eigenvalue weighted by molar-refractivity contribution is 5.84. The first-order valence-electron chi connectivity index (χ1n) is 6.26. The van der Waals surface area contributed by atoms with Crippen molar-refractivity contribution in [3.63, 3.8) is 0 Å². The van der Waals surface area contributed by atoms with Gasteiger partial charge < -0.3 is 4.90 Å². The normalized spacial score (nSPS) is 12.0. The molecule has 0 saturated carbocycles. The maximum atomic E-state index is 13.8. The van der Waals surface area contributed by atoms with Gasteiger partial charge in [0.1, 0.15) is 11.6 Å². The third-order valence-corrected chi connectivity index (χ3v) is 3.43. The number of carbonyl (C=O) groups excluding carboxylic acids is 1. The molecule has 2 aromatic carbocycles. The molecule has 0 aliphatic carbocycles. The summed E-state index contributed by atoms with van der Waals surface area (Å²) in [5.74, 6) is -0.774. The largest absolute Gasteiger partial charge is 0.367 e. The molecule has 4 heteroatoms. The third kappa shape index (κ3) is 2.69. The monoisotopic (exact) mass is 275 g/mol. The van der Waals surface area contributed by atoms with Gasteiger partial charge in [0.05, 0.1) is 6.04 Å². The molecule has 0 heterocycles. The van der Waals surface area contributed by atoms with Gasteiger partial charge in [0.15, 0.2) is 6.29 Å². The molecule has 2 nitrogen and oxygen atoms in total. The molecule has 0 amide bonds. The van der Waals surface area contributed by atoms with Gasteiger partial charge in [-0.3, -0.25) is 4.79 Å². The van der Waals surface area contributed by atoms with Crippen LogP contribution in [0.4, 0.5) is 14.5 Å². The molecule has 0 N–H and O–H groups in total. The first kappa shape index (κ1) is 14.2. The fraction of sp³-hybridized carbons (Fsp3) is 0.188. The van der Waals surface area contributed by atoms with E-state index in [-0.39, 0.29) is 17.4 Å². The summed E-state index contributed by atoms with van der Waals surface area (Å²) in [7, 11) is 1.75. The van der Waals surface area contributed by atoms with Gasteiger partial charge in [-0.05, 0) is 31.2 Å². The van der Waals surface area contributed by atoms with Crippen LogP contribution in [0.2, 0.25) is 0 Å². The zero-order chi connectivity index (χ0) is 14.7. The molecule has 0 bridgehead atoms. The number of carbonyl (C=O) groups is 1. The predicted molar refractivity (Wildman–Crippen MR) is 75.0 cm³/mol. The van der Waals surface area contributed by atoms with Crippen LogP contribution in [0.25, 0.3) is 0 Å². The molecule has 0 fully saturated rings. The lowest BCUT2D eigenvalue weighted by Crippen LogP contribution is -2.23. The van der Waals surface area contributed by atoms with Gasteiger partial charge in [0.25, 0.3) is 0 Å². The highest BCUT2D eigenvalue weighted by Crippen LogP contribution is 2.29. The van der Waals surface area contributed by atoms with Crippen LogP contribution in [0.5, 0.6) is 0 Å². The molecule has 0 saturated heterocycles. The Morgan fingerprint density at radius 3 is 2.50 bits per heavy atom. The number of anilines is 1. The number of aldehydes is 1. The summed E-state index contributed by atoms with van der Waals surface area (Å²) in [4.78, 5) is 12.8. The Bertz CT molecular complexity index is 628. The van der Waals surface area contributed by atoms with Crippen LogP contribution in [0.15, 0.2) is 42.5 Å². The second-order valence-corrected chi connectivity index (χ2v) is 4.63. The van der Waals surface area contributed by atoms with E-state index in [2.05, 4.69) is 0 Å². The first-order chi connectivity index (χ1) is 9.54. The molecule has 2 aromatic rings. The van der Waals surface area contributed by atoms with Crippen molar-refractivity contribution >= 4 is 12.0 Å². The van der Waals surface area contributed by atoms with E-state index in [1.807, 2.05) is 6.92 Å². The summed E-state index contributed by atoms with van der Waals surface area (Å²) in [5, 5.41) is 0. The highest BCUT2D eigenvalue weighted by atomic mass is 19.1. The van der Waals surface area contributed by atoms with E-state index in [9.17, 15) is 13.6 Å². The Hall–Kier alpha value is -2.23. The average Bonchev–Trinajstić information content (AvgIpc) is 2.46. The minimum absolute atomic E-state index is 0.246. The van der Waals surface area contributed by atoms with Gasteiger partial charge in [-0.15, -0.1) is 0 Å². The number of hydrogen-bond acceptors (Lipinski definition) is 2. The smallest absolute Gasteiger partial charge is 0.152 e. The van der Waals surface area contributed by atoms with Gasteiger partial charge in [-0.2, -0.15) is 0 Å². The topological polar surface area (TPSA) is 20.3 Å². The Labute approximate surface area is 116 Å². The second kappa shape index (κ2) is 5.82. The molecule has 0 aromatic heterocycles. The molecule has 20 heavy (non-hydrogen) atoms. The van der Waals surface area contributed by atoms with Crippen molar-refractivity contribution in [3.8, 4) is 0 Å². The fourth-order valence-electron chi connectivity index (χ4n) is 2.17. The van der Waals surface area contributed by atoms with Crippen LogP contribution >= 0.6 is 0 Å². The maximum absolute atomic E-state index is 13.8. The van der Waals surface area contributed by atoms with E-state index >= 15 is 0 Å². The minimum Gasteiger partial charge on any atom is -0.367 e. The Morgan fingerprint density at radius 1 is 1.15 bits per heavy atom. The Morgan fingerprint density at radius 2 is 1.85 bits per heavy atom. The van der Waals surface area contributed by atoms with E-state index in [0.29, 0.717) is 17.5 Å². The summed E-state index contributed by atoms with van der Waals surface area (Å²) in [6.07, 6.45) is 0.600. The molecule has 0 spiro atoms. The molecule has 1 atom stereocenters. The van der Waals surface area contributed by atoms with Crippen LogP contribution in [0.3, 0.4) is 0 Å². The summed E-state index contributed by atoms with van der Waals surface area (Å²) in [5.41, 5.74) is 1.34. The average molecular weight is 275 g/mol. The molecule has 104 valence electrons. The number of nitrogens with zero attached hydrogens (tertiary/aromatic N) is 1. The van der Waals surface area contributed by atoms with Crippen molar-refractivity contribution in [1.82, 2.24) is 0 Å². The van der Waals surface area contributed by atoms with E-state index in [1.54, 1.807) is 30.1 Å². The second-order valence-electron chi connectivity index (χ2n) is 4.63. The van der Waals surface area contributed by atoms with Crippen LogP contribution in [0, 0.1) is 11.6 Å². The van der Waals surface area contributed by atoms with Crippen molar-refractivity contribution < 1.29 is 13.6 Å². The quantitative estimate of drug-likeness (QED) is 0.787. The lowest BCUT2D eigenvalue weighted by atomic mass is 10.0. The van der Waals surface area contributed by atoms with E-state index < -0.39 is 5.82 Å². The lowest BCUT2D eigenvalue weighted by Gasteiger charge is -2.28. The maximum Gasteiger partial charge on any atom is 0.152 e. The number of hydrogen-bond donors (Lipinski definition) is 0. The summed E-state index contributed by atoms with van der Waals surface area (Å²) in [6, 6.07) is 10.2. The fourth-order valence-corrected chi connectivity index (χ4v) is 2.17. The van der Waals surface area contributed by atoms with Crippen molar-refractivity contribution in [3.05, 3.63) is 65.2 Å². The van der Waals surface area contributed by atoms with Gasteiger partial charge >= 0.3 is 0 Å². The summed E-state index contributed by atoms with van der Waals surface area (Å²) in [6.45, 7) is 1.83. The van der Waals surface area contributed by atoms with Crippen LogP contribution < -0.4 is 4.90 Å². The number of rotatable bonds is 4. The van der Waals surface area contributed by atoms with Crippen molar-refractivity contribution in [1.29, 1.82) is 0 Å². The van der Waals surface area contributed by atoms with Crippen LogP contribution in [0.1, 0.15) is 28.9 Å². The lowest BCUT2D eigenvalue weighted by molar-refractivity contribution is 0.112. The summed E-state index contributed by atoms with van der Waals surface area (Å²) < 4.78 is 27.0. The first-order valence-corrected chi connectivity index (χ1v) is 6.26. The van der Waals surface area contributed by atoms with E-state index in [0.717, 1.165) is 0 Å². The van der Waals surface area contributed by atoms with Crippen molar-refractivity contribution in [2.45, 2.75) is 13.0 Å². The molecule has 0 aliphatic heterocycles. The minimum atomic E-state index is -0.470. The van der Waals surface area contributed by atoms with Crippen molar-refractivity contribution in [2.75, 3.05) is 11.9 Å². The molecule has 1 unspecified atom stereocenters. The van der Waals surface area contributed by atoms with Gasteiger partial charge in [0.2, 0.25) is 0 Å². The molecule has 2 rings (SSSR count). The zero-order valence-electron chi connectivity index (χ0n) is 11.3. The zero-order valence-corrected chi connectivity index (χ0v) is 11.3. The Kier molecular flexibility index (Phi) is 4.13. The molecule has 0 aliphatic rings. The van der Waals surface area contributed by atoms with Crippen molar-refractivity contribution in [2.24, 2.45) is 0 Å². The highest BCUT2D eigenvalue weighted by Gasteiger charge is 2.18. The van der Waals surface area contributed by atoms with E-state index in [4.69, 9.17) is 0 Å². The predicted octanol–water partition coefficient (Wildman–Crippen LogP) is 3.97. The number of benzene rings is 2. The summed E-state index contributed by atoms with van der Waals surface area (Å²) >= 11 is 0. The van der Waals surface area contributed by atoms with Crippen LogP contribution in [-0.2, 0) is 0 Å². The van der Waals surface area contributed by atoms with Gasteiger partial charge in [-0.1, -0.05) is 18.2 Å². The number of halogens is 2. The van der Waals surface area contributed by atoms with E-state index in [1.165, 1.54) is 24.3 Å². The third-order valence-electron chi connectivity index (χ3n) is 3.43. The Balaban J connectivity index is 2.39. The molecular weight excluding hydrogens is 260 g/mol. The van der Waals surface area contributed by atoms with Gasteiger partial charge in [-0.25, -0.2) is 8.78 Å². The molecule has 0 radical (unpaired) electrons. The van der Waals surface area contributed by atoms with Gasteiger partial charge in [0, 0.05) is 23.9 Å². The molecular formula is C16H15F2NO. The van der Waals surface area contributed by atoms with Crippen LogP contribution in [-0.4, -0.2) is 13.3 Å². The standard InChI is InChI=1S/C16H15F2NO/c1-11(14-5-3-4-6-15(14)18)19(2)16-8-7-13(17)9-12(16)10-20/h3-11H,1-2H3.